The molecular weight excluding hydrogens is 123 g/mol. The molecule has 0 saturated carbocycles. The molecule has 0 aliphatic heterocycles. The van der Waals surface area contributed by atoms with Gasteiger partial charge in [-0.05, 0) is 0 Å². The maximum absolute atomic E-state index is 10.0. The average molecular weight is 134 g/mol. The molecule has 0 saturated heterocycles. The van der Waals surface area contributed by atoms with E-state index in [9.17, 15) is 4.70 Å². The van der Waals surface area contributed by atoms with E-state index >= 15 is 0 Å². The average Bonchev–Trinajstić information content (AvgIpc) is 2.10. The van der Waals surface area contributed by atoms with Crippen molar-refractivity contribution in [2.45, 2.75) is 13.8 Å². The third-order valence-corrected chi connectivity index (χ3v) is 0.936. The zero-order chi connectivity index (χ0) is 7.82. The van der Waals surface area contributed by atoms with E-state index in [1.807, 2.05) is 32.0 Å². The summed E-state index contributed by atoms with van der Waals surface area (Å²) in [6, 6.07) is 9.10. The van der Waals surface area contributed by atoms with E-state index in [-0.39, 0.29) is 0 Å². The van der Waals surface area contributed by atoms with Gasteiger partial charge < -0.3 is 0 Å². The molecule has 0 spiro atoms. The van der Waals surface area contributed by atoms with E-state index in [1.54, 1.807) is 12.1 Å². The van der Waals surface area contributed by atoms with Crippen molar-refractivity contribution < 1.29 is 4.70 Å². The summed E-state index contributed by atoms with van der Waals surface area (Å²) < 4.78 is 10.0. The zero-order valence-corrected chi connectivity index (χ0v) is 6.37. The summed E-state index contributed by atoms with van der Waals surface area (Å²) in [6.07, 6.45) is 0. The van der Waals surface area contributed by atoms with Crippen molar-refractivity contribution in [2.75, 3.05) is 0 Å². The molecular formula is C8H11BO. The third-order valence-electron chi connectivity index (χ3n) is 0.936. The molecule has 0 bridgehead atoms. The predicted molar refractivity (Wildman–Crippen MR) is 43.9 cm³/mol. The molecule has 0 atom stereocenters. The fraction of sp³-hybridized carbons (Fsp3) is 0.250. The van der Waals surface area contributed by atoms with Crippen LogP contribution in [0.2, 0.25) is 0 Å². The van der Waals surface area contributed by atoms with Crippen LogP contribution >= 0.6 is 0 Å². The molecule has 0 fully saturated rings. The number of rotatable bonds is 1. The Morgan fingerprint density at radius 1 is 1.10 bits per heavy atom. The first-order chi connectivity index (χ1) is 4.93. The third kappa shape index (κ3) is 3.18. The molecule has 0 unspecified atom stereocenters. The number of hydrogen-bond acceptors (Lipinski definition) is 1. The first-order valence-electron chi connectivity index (χ1n) is 3.44. The van der Waals surface area contributed by atoms with Gasteiger partial charge in [0.05, 0.1) is 0 Å². The fourth-order valence-corrected chi connectivity index (χ4v) is 0.532. The van der Waals surface area contributed by atoms with Crippen molar-refractivity contribution >= 4 is 12.6 Å². The van der Waals surface area contributed by atoms with Gasteiger partial charge in [-0.1, -0.05) is 13.8 Å². The standard InChI is InChI=1S/C6H5BO.C2H6/c8-7-6-4-2-1-3-5-6;1-2/h1-5H;1-2H3. The number of benzene rings is 1. The summed E-state index contributed by atoms with van der Waals surface area (Å²) in [5.41, 5.74) is 0.729. The van der Waals surface area contributed by atoms with Crippen LogP contribution in [0.1, 0.15) is 13.8 Å². The Labute approximate surface area is 62.3 Å². The SMILES string of the molecule is CC.O=Bc1ccccc1. The van der Waals surface area contributed by atoms with Crippen molar-refractivity contribution in [3.05, 3.63) is 30.3 Å². The summed E-state index contributed by atoms with van der Waals surface area (Å²) in [5, 5.41) is 0. The van der Waals surface area contributed by atoms with E-state index in [4.69, 9.17) is 0 Å². The molecule has 0 aliphatic rings. The van der Waals surface area contributed by atoms with Crippen molar-refractivity contribution in [1.82, 2.24) is 0 Å². The van der Waals surface area contributed by atoms with E-state index in [0.717, 1.165) is 12.6 Å². The second-order valence-electron chi connectivity index (χ2n) is 1.53. The van der Waals surface area contributed by atoms with Gasteiger partial charge in [0, 0.05) is 0 Å². The Bertz CT molecular complexity index is 172. The quantitative estimate of drug-likeness (QED) is 0.530. The van der Waals surface area contributed by atoms with Crippen molar-refractivity contribution in [3.63, 3.8) is 0 Å². The van der Waals surface area contributed by atoms with Crippen molar-refractivity contribution in [3.8, 4) is 0 Å². The van der Waals surface area contributed by atoms with Crippen LogP contribution in [-0.2, 0) is 4.70 Å². The van der Waals surface area contributed by atoms with Gasteiger partial charge in [0.25, 0.3) is 0 Å². The van der Waals surface area contributed by atoms with Gasteiger partial charge in [0.15, 0.2) is 0 Å². The zero-order valence-electron chi connectivity index (χ0n) is 6.37. The second-order valence-corrected chi connectivity index (χ2v) is 1.53. The molecule has 0 aromatic heterocycles. The van der Waals surface area contributed by atoms with E-state index in [0.29, 0.717) is 0 Å². The normalized spacial score (nSPS) is 7.00. The predicted octanol–water partition coefficient (Wildman–Crippen LogP) is 1.39. The molecule has 1 aromatic carbocycles. The summed E-state index contributed by atoms with van der Waals surface area (Å²) >= 11 is 0. The fourth-order valence-electron chi connectivity index (χ4n) is 0.532. The van der Waals surface area contributed by atoms with Crippen molar-refractivity contribution in [2.24, 2.45) is 0 Å². The van der Waals surface area contributed by atoms with Gasteiger partial charge in [0.1, 0.15) is 0 Å². The Kier molecular flexibility index (Phi) is 5.64. The van der Waals surface area contributed by atoms with Gasteiger partial charge in [-0.25, -0.2) is 0 Å². The topological polar surface area (TPSA) is 17.1 Å². The van der Waals surface area contributed by atoms with Gasteiger partial charge in [-0.15, -0.1) is 0 Å². The van der Waals surface area contributed by atoms with Gasteiger partial charge in [0.2, 0.25) is 0 Å². The second kappa shape index (κ2) is 6.21. The molecule has 0 radical (unpaired) electrons. The number of hydrogen-bond donors (Lipinski definition) is 0. The molecule has 0 heterocycles. The molecule has 0 N–H and O–H groups in total. The molecule has 1 nitrogen and oxygen atoms in total. The van der Waals surface area contributed by atoms with Crippen LogP contribution in [0.5, 0.6) is 0 Å². The molecule has 0 aliphatic carbocycles. The van der Waals surface area contributed by atoms with Gasteiger partial charge >= 0.3 is 47.6 Å². The summed E-state index contributed by atoms with van der Waals surface area (Å²) in [6.45, 7) is 4.00. The molecule has 1 aromatic rings. The molecule has 2 heteroatoms. The van der Waals surface area contributed by atoms with Crippen molar-refractivity contribution in [1.29, 1.82) is 0 Å². The van der Waals surface area contributed by atoms with E-state index in [2.05, 4.69) is 0 Å². The van der Waals surface area contributed by atoms with Crippen LogP contribution in [-0.4, -0.2) is 7.15 Å². The first kappa shape index (κ1) is 9.08. The van der Waals surface area contributed by atoms with E-state index in [1.165, 1.54) is 0 Å². The first-order valence-corrected chi connectivity index (χ1v) is 3.44. The van der Waals surface area contributed by atoms with Crippen LogP contribution in [0.3, 0.4) is 0 Å². The minimum atomic E-state index is 0.729. The van der Waals surface area contributed by atoms with Crippen LogP contribution in [0.15, 0.2) is 30.3 Å². The van der Waals surface area contributed by atoms with Crippen LogP contribution in [0, 0.1) is 0 Å². The van der Waals surface area contributed by atoms with Gasteiger partial charge in [-0.3, -0.25) is 0 Å². The summed E-state index contributed by atoms with van der Waals surface area (Å²) in [4.78, 5) is 0. The minimum absolute atomic E-state index is 0.729. The molecule has 52 valence electrons. The summed E-state index contributed by atoms with van der Waals surface area (Å²) in [7, 11) is 0.833. The maximum atomic E-state index is 10.0. The van der Waals surface area contributed by atoms with Gasteiger partial charge in [-0.2, -0.15) is 0 Å². The molecule has 10 heavy (non-hydrogen) atoms. The van der Waals surface area contributed by atoms with Crippen LogP contribution < -0.4 is 5.46 Å². The molecule has 1 rings (SSSR count). The van der Waals surface area contributed by atoms with E-state index < -0.39 is 0 Å². The Hall–Kier alpha value is -0.915. The monoisotopic (exact) mass is 134 g/mol. The Balaban J connectivity index is 0.000000371. The summed E-state index contributed by atoms with van der Waals surface area (Å²) in [5.74, 6) is 0. The van der Waals surface area contributed by atoms with Crippen LogP contribution in [0.25, 0.3) is 0 Å². The Morgan fingerprint density at radius 2 is 1.60 bits per heavy atom. The Morgan fingerprint density at radius 3 is 1.90 bits per heavy atom. The molecule has 0 amide bonds. The van der Waals surface area contributed by atoms with Crippen LogP contribution in [0.4, 0.5) is 0 Å².